The second kappa shape index (κ2) is 10.6. The van der Waals surface area contributed by atoms with Crippen LogP contribution in [-0.2, 0) is 4.79 Å². The molecule has 0 fully saturated rings. The number of carboxylic acids is 1. The van der Waals surface area contributed by atoms with Gasteiger partial charge in [0, 0.05) is 0 Å². The van der Waals surface area contributed by atoms with Gasteiger partial charge in [-0.1, -0.05) is 38.1 Å². The highest BCUT2D eigenvalue weighted by Crippen LogP contribution is 2.26. The minimum absolute atomic E-state index is 0.264. The molecular weight excluding hydrogens is 356 g/mol. The molecule has 28 heavy (non-hydrogen) atoms. The lowest BCUT2D eigenvalue weighted by Crippen LogP contribution is -2.10. The summed E-state index contributed by atoms with van der Waals surface area (Å²) in [4.78, 5) is 21.3. The molecule has 0 aliphatic rings. The molecule has 1 unspecified atom stereocenters. The van der Waals surface area contributed by atoms with E-state index in [2.05, 4.69) is 13.8 Å². The van der Waals surface area contributed by atoms with Crippen molar-refractivity contribution in [2.75, 3.05) is 0 Å². The fourth-order valence-electron chi connectivity index (χ4n) is 3.25. The average Bonchev–Trinajstić information content (AvgIpc) is 2.71. The van der Waals surface area contributed by atoms with Crippen LogP contribution in [0.5, 0.6) is 5.75 Å². The Bertz CT molecular complexity index is 752. The smallest absolute Gasteiger partial charge is 0.335 e. The number of carboxylic acid groups (broad SMARTS) is 1. The molecule has 0 amide bonds. The largest absolute Gasteiger partial charge is 0.478 e. The molecule has 2 N–H and O–H groups in total. The van der Waals surface area contributed by atoms with Crippen LogP contribution in [0.15, 0.2) is 48.5 Å². The zero-order valence-electron chi connectivity index (χ0n) is 16.4. The van der Waals surface area contributed by atoms with E-state index in [1.165, 1.54) is 0 Å². The molecule has 0 aliphatic heterocycles. The summed E-state index contributed by atoms with van der Waals surface area (Å²) in [6.07, 6.45) is 2.79. The van der Waals surface area contributed by atoms with Crippen molar-refractivity contribution < 1.29 is 24.5 Å². The summed E-state index contributed by atoms with van der Waals surface area (Å²) in [5.41, 5.74) is 2.52. The quantitative estimate of drug-likeness (QED) is 0.546. The van der Waals surface area contributed by atoms with Gasteiger partial charge < -0.3 is 14.9 Å². The lowest BCUT2D eigenvalue weighted by molar-refractivity contribution is -0.120. The Morgan fingerprint density at radius 2 is 1.36 bits per heavy atom. The highest BCUT2D eigenvalue weighted by atomic mass is 16.5. The maximum atomic E-state index is 10.9. The summed E-state index contributed by atoms with van der Waals surface area (Å²) in [7, 11) is 0. The van der Waals surface area contributed by atoms with Gasteiger partial charge in [-0.3, -0.25) is 4.79 Å². The van der Waals surface area contributed by atoms with Gasteiger partial charge in [-0.05, 0) is 72.9 Å². The third kappa shape index (κ3) is 6.50. The molecule has 2 aromatic rings. The molecule has 2 rings (SSSR count). The third-order valence-electron chi connectivity index (χ3n) is 5.23. The lowest BCUT2D eigenvalue weighted by atomic mass is 9.91. The van der Waals surface area contributed by atoms with Crippen LogP contribution in [0.4, 0.5) is 0 Å². The number of rotatable bonds is 11. The normalized spacial score (nSPS) is 14.1. The number of hydrogen-bond acceptors (Lipinski definition) is 4. The van der Waals surface area contributed by atoms with E-state index < -0.39 is 5.97 Å². The van der Waals surface area contributed by atoms with E-state index in [-0.39, 0.29) is 17.6 Å². The number of benzene rings is 2. The van der Waals surface area contributed by atoms with E-state index in [0.717, 1.165) is 30.4 Å². The third-order valence-corrected chi connectivity index (χ3v) is 5.23. The Balaban J connectivity index is 1.76. The molecule has 5 nitrogen and oxygen atoms in total. The zero-order valence-corrected chi connectivity index (χ0v) is 16.4. The van der Waals surface area contributed by atoms with E-state index in [1.807, 2.05) is 24.3 Å². The lowest BCUT2D eigenvalue weighted by Gasteiger charge is -2.18. The summed E-state index contributed by atoms with van der Waals surface area (Å²) in [5, 5.41) is 19.3. The number of ether oxygens (including phenoxy) is 1. The fraction of sp³-hybridized carbons (Fsp3) is 0.391. The summed E-state index contributed by atoms with van der Waals surface area (Å²) in [5.74, 6) is 0.173. The van der Waals surface area contributed by atoms with Crippen LogP contribution in [0.3, 0.4) is 0 Å². The number of carbonyl (C=O) groups is 2. The number of aliphatic hydroxyl groups is 1. The van der Waals surface area contributed by atoms with Crippen LogP contribution in [0.2, 0.25) is 0 Å². The Kier molecular flexibility index (Phi) is 8.20. The Hall–Kier alpha value is -2.66. The first-order valence-corrected chi connectivity index (χ1v) is 9.62. The number of hydrogen-bond donors (Lipinski definition) is 2. The second-order valence-electron chi connectivity index (χ2n) is 7.32. The van der Waals surface area contributed by atoms with Gasteiger partial charge in [-0.2, -0.15) is 0 Å². The predicted molar refractivity (Wildman–Crippen MR) is 108 cm³/mol. The Morgan fingerprint density at radius 1 is 0.893 bits per heavy atom. The van der Waals surface area contributed by atoms with E-state index in [9.17, 15) is 14.7 Å². The first-order chi connectivity index (χ1) is 13.4. The summed E-state index contributed by atoms with van der Waals surface area (Å²) in [6.45, 7) is 4.62. The van der Waals surface area contributed by atoms with Crippen molar-refractivity contribution in [3.8, 4) is 5.75 Å². The van der Waals surface area contributed by atoms with Crippen molar-refractivity contribution in [2.24, 2.45) is 0 Å². The SMILES string of the molecule is C[C@H](CCC(O)CC[C@@H](C)c1ccc(C(=O)O)cc1)c1ccc(OC=O)cc1. The predicted octanol–water partition coefficient (Wildman–Crippen LogP) is 4.75. The fourth-order valence-corrected chi connectivity index (χ4v) is 3.25. The molecule has 0 radical (unpaired) electrons. The Morgan fingerprint density at radius 3 is 1.79 bits per heavy atom. The molecule has 0 aromatic heterocycles. The Labute approximate surface area is 166 Å². The first kappa shape index (κ1) is 21.6. The minimum atomic E-state index is -0.922. The van der Waals surface area contributed by atoms with Crippen molar-refractivity contribution in [3.05, 3.63) is 65.2 Å². The van der Waals surface area contributed by atoms with E-state index in [0.29, 0.717) is 24.6 Å². The maximum Gasteiger partial charge on any atom is 0.335 e. The standard InChI is InChI=1S/C23H28O5/c1-16(18-5-7-20(8-6-18)23(26)27)3-11-21(25)12-4-17(2)19-9-13-22(14-10-19)28-15-24/h5-10,13-17,21,25H,3-4,11-12H2,1-2H3,(H,26,27)/t16-,17-,21?/m1/s1. The molecule has 0 saturated carbocycles. The topological polar surface area (TPSA) is 83.8 Å². The molecular formula is C23H28O5. The van der Waals surface area contributed by atoms with Gasteiger partial charge in [0.2, 0.25) is 0 Å². The van der Waals surface area contributed by atoms with Gasteiger partial charge in [0.15, 0.2) is 0 Å². The number of aromatic carboxylic acids is 1. The van der Waals surface area contributed by atoms with Crippen molar-refractivity contribution in [1.82, 2.24) is 0 Å². The van der Waals surface area contributed by atoms with Crippen molar-refractivity contribution >= 4 is 12.4 Å². The molecule has 2 aromatic carbocycles. The van der Waals surface area contributed by atoms with Crippen molar-refractivity contribution in [2.45, 2.75) is 57.5 Å². The van der Waals surface area contributed by atoms with Gasteiger partial charge in [-0.15, -0.1) is 0 Å². The van der Waals surface area contributed by atoms with Gasteiger partial charge in [0.25, 0.3) is 6.47 Å². The summed E-state index contributed by atoms with van der Waals surface area (Å²) in [6, 6.07) is 14.4. The van der Waals surface area contributed by atoms with E-state index in [1.54, 1.807) is 24.3 Å². The van der Waals surface area contributed by atoms with Crippen LogP contribution in [0, 0.1) is 0 Å². The van der Waals surface area contributed by atoms with Gasteiger partial charge >= 0.3 is 5.97 Å². The molecule has 0 aliphatic carbocycles. The molecule has 3 atom stereocenters. The van der Waals surface area contributed by atoms with Crippen LogP contribution in [0.1, 0.15) is 72.9 Å². The van der Waals surface area contributed by atoms with Gasteiger partial charge in [0.05, 0.1) is 11.7 Å². The maximum absolute atomic E-state index is 10.9. The van der Waals surface area contributed by atoms with Gasteiger partial charge in [0.1, 0.15) is 5.75 Å². The van der Waals surface area contributed by atoms with Crippen LogP contribution in [-0.4, -0.2) is 28.8 Å². The molecule has 0 saturated heterocycles. The average molecular weight is 384 g/mol. The van der Waals surface area contributed by atoms with Gasteiger partial charge in [-0.25, -0.2) is 4.79 Å². The molecule has 5 heteroatoms. The summed E-state index contributed by atoms with van der Waals surface area (Å²) >= 11 is 0. The zero-order chi connectivity index (χ0) is 20.5. The first-order valence-electron chi connectivity index (χ1n) is 9.62. The second-order valence-corrected chi connectivity index (χ2v) is 7.32. The molecule has 0 spiro atoms. The molecule has 0 bridgehead atoms. The minimum Gasteiger partial charge on any atom is -0.478 e. The van der Waals surface area contributed by atoms with Crippen molar-refractivity contribution in [3.63, 3.8) is 0 Å². The number of aliphatic hydroxyl groups excluding tert-OH is 1. The van der Waals surface area contributed by atoms with Crippen LogP contribution < -0.4 is 4.74 Å². The van der Waals surface area contributed by atoms with Crippen molar-refractivity contribution in [1.29, 1.82) is 0 Å². The monoisotopic (exact) mass is 384 g/mol. The van der Waals surface area contributed by atoms with E-state index >= 15 is 0 Å². The van der Waals surface area contributed by atoms with E-state index in [4.69, 9.17) is 9.84 Å². The highest BCUT2D eigenvalue weighted by Gasteiger charge is 2.13. The van der Waals surface area contributed by atoms with Crippen LogP contribution in [0.25, 0.3) is 0 Å². The number of carbonyl (C=O) groups excluding carboxylic acids is 1. The summed E-state index contributed by atoms with van der Waals surface area (Å²) < 4.78 is 4.80. The molecule has 0 heterocycles. The van der Waals surface area contributed by atoms with Crippen LogP contribution >= 0.6 is 0 Å². The highest BCUT2D eigenvalue weighted by molar-refractivity contribution is 5.87. The molecule has 150 valence electrons.